The molecule has 1 aromatic carbocycles. The number of hydrogen-bond donors (Lipinski definition) is 2. The first kappa shape index (κ1) is 9.74. The van der Waals surface area contributed by atoms with E-state index in [0.717, 1.165) is 19.4 Å². The predicted molar refractivity (Wildman–Crippen MR) is 55.8 cm³/mol. The Balaban J connectivity index is 2.37. The first-order valence-electron chi connectivity index (χ1n) is 4.66. The third-order valence-corrected chi connectivity index (χ3v) is 2.88. The minimum Gasteiger partial charge on any atom is -0.397 e. The minimum absolute atomic E-state index is 0.0908. The molecule has 0 aliphatic carbocycles. The number of halogens is 2. The quantitative estimate of drug-likeness (QED) is 0.705. The molecule has 0 aromatic heterocycles. The number of anilines is 1. The molecule has 2 rings (SSSR count). The highest BCUT2D eigenvalue weighted by atomic mass is 35.5. The Labute approximate surface area is 87.2 Å². The summed E-state index contributed by atoms with van der Waals surface area (Å²) in [5, 5.41) is 3.65. The van der Waals surface area contributed by atoms with Crippen LogP contribution < -0.4 is 11.1 Å². The predicted octanol–water partition coefficient (Wildman–Crippen LogP) is 2.49. The lowest BCUT2D eigenvalue weighted by atomic mass is 10.0. The van der Waals surface area contributed by atoms with Crippen LogP contribution in [-0.2, 0) is 0 Å². The van der Waals surface area contributed by atoms with E-state index in [1.165, 1.54) is 6.07 Å². The molecular weight excluding hydrogens is 203 g/mol. The zero-order valence-corrected chi connectivity index (χ0v) is 8.44. The normalized spacial score (nSPS) is 21.4. The van der Waals surface area contributed by atoms with Gasteiger partial charge in [0.1, 0.15) is 5.82 Å². The molecule has 0 bridgehead atoms. The van der Waals surface area contributed by atoms with E-state index in [2.05, 4.69) is 5.32 Å². The number of hydrogen-bond acceptors (Lipinski definition) is 2. The summed E-state index contributed by atoms with van der Waals surface area (Å²) in [6.45, 7) is 0.937. The van der Waals surface area contributed by atoms with Crippen LogP contribution in [0.3, 0.4) is 0 Å². The van der Waals surface area contributed by atoms with Gasteiger partial charge in [-0.2, -0.15) is 0 Å². The maximum absolute atomic E-state index is 13.5. The molecule has 0 radical (unpaired) electrons. The molecule has 14 heavy (non-hydrogen) atoms. The van der Waals surface area contributed by atoms with Crippen molar-refractivity contribution in [2.75, 3.05) is 12.3 Å². The number of benzene rings is 1. The highest BCUT2D eigenvalue weighted by Crippen LogP contribution is 2.30. The smallest absolute Gasteiger partial charge is 0.130 e. The summed E-state index contributed by atoms with van der Waals surface area (Å²) >= 11 is 5.84. The molecule has 0 saturated carbocycles. The Bertz CT molecular complexity index is 348. The summed E-state index contributed by atoms with van der Waals surface area (Å²) in [5.41, 5.74) is 6.42. The van der Waals surface area contributed by atoms with Gasteiger partial charge in [-0.25, -0.2) is 4.39 Å². The van der Waals surface area contributed by atoms with Crippen LogP contribution in [0.25, 0.3) is 0 Å². The fraction of sp³-hybridized carbons (Fsp3) is 0.400. The summed E-state index contributed by atoms with van der Waals surface area (Å²) < 4.78 is 13.5. The molecule has 3 N–H and O–H groups in total. The summed E-state index contributed by atoms with van der Waals surface area (Å²) in [4.78, 5) is 0. The van der Waals surface area contributed by atoms with Crippen molar-refractivity contribution in [3.63, 3.8) is 0 Å². The van der Waals surface area contributed by atoms with Crippen LogP contribution in [0.4, 0.5) is 10.1 Å². The van der Waals surface area contributed by atoms with Gasteiger partial charge in [0.15, 0.2) is 0 Å². The monoisotopic (exact) mass is 214 g/mol. The fourth-order valence-electron chi connectivity index (χ4n) is 1.79. The van der Waals surface area contributed by atoms with Crippen LogP contribution in [0.5, 0.6) is 0 Å². The molecule has 1 aliphatic rings. The second kappa shape index (κ2) is 3.75. The SMILES string of the molecule is Nc1cc(F)c([C@H]2CCCN2)cc1Cl. The maximum atomic E-state index is 13.5. The van der Waals surface area contributed by atoms with E-state index in [1.54, 1.807) is 6.07 Å². The molecule has 0 spiro atoms. The van der Waals surface area contributed by atoms with Crippen molar-refractivity contribution >= 4 is 17.3 Å². The van der Waals surface area contributed by atoms with E-state index in [0.29, 0.717) is 16.3 Å². The molecule has 4 heteroatoms. The Hall–Kier alpha value is -0.800. The fourth-order valence-corrected chi connectivity index (χ4v) is 1.97. The number of nitrogen functional groups attached to an aromatic ring is 1. The van der Waals surface area contributed by atoms with Gasteiger partial charge in [0.25, 0.3) is 0 Å². The number of nitrogens with two attached hydrogens (primary N) is 1. The molecule has 1 fully saturated rings. The topological polar surface area (TPSA) is 38.0 Å². The molecule has 1 aliphatic heterocycles. The lowest BCUT2D eigenvalue weighted by Gasteiger charge is -2.12. The van der Waals surface area contributed by atoms with Crippen LogP contribution >= 0.6 is 11.6 Å². The number of nitrogens with one attached hydrogen (secondary N) is 1. The lowest BCUT2D eigenvalue weighted by molar-refractivity contribution is 0.559. The molecular formula is C10H12ClFN2. The van der Waals surface area contributed by atoms with Gasteiger partial charge in [0.05, 0.1) is 10.7 Å². The van der Waals surface area contributed by atoms with Gasteiger partial charge < -0.3 is 11.1 Å². The van der Waals surface area contributed by atoms with E-state index in [1.807, 2.05) is 0 Å². The van der Waals surface area contributed by atoms with E-state index in [-0.39, 0.29) is 11.9 Å². The highest BCUT2D eigenvalue weighted by Gasteiger charge is 2.20. The molecule has 1 atom stereocenters. The van der Waals surface area contributed by atoms with Gasteiger partial charge in [-0.1, -0.05) is 11.6 Å². The van der Waals surface area contributed by atoms with Crippen molar-refractivity contribution < 1.29 is 4.39 Å². The van der Waals surface area contributed by atoms with Crippen LogP contribution in [0.2, 0.25) is 5.02 Å². The van der Waals surface area contributed by atoms with Crippen molar-refractivity contribution in [2.45, 2.75) is 18.9 Å². The van der Waals surface area contributed by atoms with Gasteiger partial charge >= 0.3 is 0 Å². The Morgan fingerprint density at radius 1 is 1.50 bits per heavy atom. The van der Waals surface area contributed by atoms with Crippen LogP contribution in [-0.4, -0.2) is 6.54 Å². The zero-order valence-electron chi connectivity index (χ0n) is 7.69. The van der Waals surface area contributed by atoms with Crippen LogP contribution in [0, 0.1) is 5.82 Å². The Morgan fingerprint density at radius 3 is 2.93 bits per heavy atom. The van der Waals surface area contributed by atoms with Crippen molar-refractivity contribution in [2.24, 2.45) is 0 Å². The van der Waals surface area contributed by atoms with Crippen molar-refractivity contribution in [1.82, 2.24) is 5.32 Å². The third kappa shape index (κ3) is 1.70. The van der Waals surface area contributed by atoms with Crippen molar-refractivity contribution in [1.29, 1.82) is 0 Å². The van der Waals surface area contributed by atoms with Gasteiger partial charge in [0, 0.05) is 11.6 Å². The third-order valence-electron chi connectivity index (χ3n) is 2.55. The average molecular weight is 215 g/mol. The first-order valence-corrected chi connectivity index (χ1v) is 5.04. The second-order valence-corrected chi connectivity index (χ2v) is 3.95. The molecule has 1 heterocycles. The van der Waals surface area contributed by atoms with E-state index in [9.17, 15) is 4.39 Å². The molecule has 2 nitrogen and oxygen atoms in total. The van der Waals surface area contributed by atoms with Gasteiger partial charge in [-0.15, -0.1) is 0 Å². The van der Waals surface area contributed by atoms with E-state index >= 15 is 0 Å². The molecule has 1 saturated heterocycles. The van der Waals surface area contributed by atoms with Crippen LogP contribution in [0.1, 0.15) is 24.4 Å². The standard InChI is InChI=1S/C10H12ClFN2/c11-7-4-6(8(12)5-9(7)13)10-2-1-3-14-10/h4-5,10,14H,1-3,13H2/t10-/m1/s1. The summed E-state index contributed by atoms with van der Waals surface area (Å²) in [7, 11) is 0. The van der Waals surface area contributed by atoms with Crippen molar-refractivity contribution in [3.05, 3.63) is 28.5 Å². The first-order chi connectivity index (χ1) is 6.68. The van der Waals surface area contributed by atoms with Gasteiger partial charge in [-0.05, 0) is 31.5 Å². The minimum atomic E-state index is -0.272. The van der Waals surface area contributed by atoms with Crippen molar-refractivity contribution in [3.8, 4) is 0 Å². The number of rotatable bonds is 1. The van der Waals surface area contributed by atoms with Gasteiger partial charge in [-0.3, -0.25) is 0 Å². The summed E-state index contributed by atoms with van der Waals surface area (Å²) in [5.74, 6) is -0.272. The average Bonchev–Trinajstić information content (AvgIpc) is 2.64. The summed E-state index contributed by atoms with van der Waals surface area (Å²) in [6.07, 6.45) is 2.03. The molecule has 1 aromatic rings. The summed E-state index contributed by atoms with van der Waals surface area (Å²) in [6, 6.07) is 3.00. The van der Waals surface area contributed by atoms with E-state index in [4.69, 9.17) is 17.3 Å². The molecule has 0 unspecified atom stereocenters. The lowest BCUT2D eigenvalue weighted by Crippen LogP contribution is -2.14. The Morgan fingerprint density at radius 2 is 2.29 bits per heavy atom. The maximum Gasteiger partial charge on any atom is 0.130 e. The zero-order chi connectivity index (χ0) is 10.1. The molecule has 0 amide bonds. The largest absolute Gasteiger partial charge is 0.397 e. The van der Waals surface area contributed by atoms with Crippen LogP contribution in [0.15, 0.2) is 12.1 Å². The Kier molecular flexibility index (Phi) is 2.61. The molecule has 76 valence electrons. The second-order valence-electron chi connectivity index (χ2n) is 3.54. The highest BCUT2D eigenvalue weighted by molar-refractivity contribution is 6.33. The van der Waals surface area contributed by atoms with Gasteiger partial charge in [0.2, 0.25) is 0 Å². The van der Waals surface area contributed by atoms with E-state index < -0.39 is 0 Å².